The largest absolute Gasteiger partial charge is 0.295 e. The van der Waals surface area contributed by atoms with Crippen LogP contribution in [-0.2, 0) is 10.0 Å². The quantitative estimate of drug-likeness (QED) is 0.861. The highest BCUT2D eigenvalue weighted by Gasteiger charge is 2.25. The lowest BCUT2D eigenvalue weighted by atomic mass is 10.1. The summed E-state index contributed by atoms with van der Waals surface area (Å²) < 4.78 is 28.3. The molecule has 0 bridgehead atoms. The summed E-state index contributed by atoms with van der Waals surface area (Å²) in [5.41, 5.74) is 3.24. The fourth-order valence-electron chi connectivity index (χ4n) is 3.34. The lowest BCUT2D eigenvalue weighted by molar-refractivity contribution is 0.246. The third-order valence-corrected chi connectivity index (χ3v) is 6.44. The molecule has 1 saturated heterocycles. The first-order valence-electron chi connectivity index (χ1n) is 8.83. The van der Waals surface area contributed by atoms with Crippen molar-refractivity contribution >= 4 is 10.0 Å². The van der Waals surface area contributed by atoms with Crippen LogP contribution in [0.1, 0.15) is 35.6 Å². The monoisotopic (exact) mass is 358 g/mol. The van der Waals surface area contributed by atoms with Crippen LogP contribution in [0.3, 0.4) is 0 Å². The Morgan fingerprint density at radius 3 is 2.32 bits per heavy atom. The molecule has 1 N–H and O–H groups in total. The van der Waals surface area contributed by atoms with E-state index in [4.69, 9.17) is 0 Å². The number of benzene rings is 2. The maximum Gasteiger partial charge on any atom is 0.240 e. The molecule has 4 nitrogen and oxygen atoms in total. The maximum atomic E-state index is 12.7. The Kier molecular flexibility index (Phi) is 5.57. The summed E-state index contributed by atoms with van der Waals surface area (Å²) in [6.07, 6.45) is 2.35. The summed E-state index contributed by atoms with van der Waals surface area (Å²) in [5, 5.41) is 0. The van der Waals surface area contributed by atoms with Gasteiger partial charge in [0.1, 0.15) is 0 Å². The van der Waals surface area contributed by atoms with Crippen molar-refractivity contribution in [2.75, 3.05) is 19.6 Å². The Bertz CT molecular complexity index is 813. The molecule has 0 amide bonds. The van der Waals surface area contributed by atoms with Gasteiger partial charge in [-0.25, -0.2) is 13.1 Å². The Morgan fingerprint density at radius 2 is 1.68 bits per heavy atom. The molecule has 0 saturated carbocycles. The maximum absolute atomic E-state index is 12.7. The highest BCUT2D eigenvalue weighted by Crippen LogP contribution is 2.25. The van der Waals surface area contributed by atoms with Crippen molar-refractivity contribution in [1.82, 2.24) is 9.62 Å². The third-order valence-electron chi connectivity index (χ3n) is 5.02. The van der Waals surface area contributed by atoms with E-state index in [2.05, 4.69) is 21.8 Å². The summed E-state index contributed by atoms with van der Waals surface area (Å²) in [6.45, 7) is 6.35. The molecule has 0 radical (unpaired) electrons. The van der Waals surface area contributed by atoms with Crippen molar-refractivity contribution in [2.24, 2.45) is 0 Å². The number of nitrogens with zero attached hydrogens (tertiary/aromatic N) is 1. The number of hydrogen-bond acceptors (Lipinski definition) is 3. The number of rotatable bonds is 6. The molecular weight excluding hydrogens is 332 g/mol. The van der Waals surface area contributed by atoms with Crippen molar-refractivity contribution in [3.05, 3.63) is 65.2 Å². The van der Waals surface area contributed by atoms with Crippen LogP contribution >= 0.6 is 0 Å². The third kappa shape index (κ3) is 4.29. The van der Waals surface area contributed by atoms with Crippen LogP contribution in [0.15, 0.2) is 53.4 Å². The molecule has 3 rings (SSSR count). The van der Waals surface area contributed by atoms with Crippen molar-refractivity contribution in [1.29, 1.82) is 0 Å². The predicted molar refractivity (Wildman–Crippen MR) is 101 cm³/mol. The zero-order valence-corrected chi connectivity index (χ0v) is 15.7. The first-order valence-corrected chi connectivity index (χ1v) is 10.3. The van der Waals surface area contributed by atoms with Gasteiger partial charge in [-0.1, -0.05) is 36.4 Å². The van der Waals surface area contributed by atoms with Gasteiger partial charge in [-0.3, -0.25) is 4.90 Å². The van der Waals surface area contributed by atoms with Gasteiger partial charge < -0.3 is 0 Å². The molecule has 0 spiro atoms. The molecule has 1 unspecified atom stereocenters. The van der Waals surface area contributed by atoms with Crippen LogP contribution < -0.4 is 4.72 Å². The average molecular weight is 359 g/mol. The van der Waals surface area contributed by atoms with Crippen LogP contribution in [0.2, 0.25) is 0 Å². The second-order valence-electron chi connectivity index (χ2n) is 6.77. The molecule has 1 aliphatic heterocycles. The Hall–Kier alpha value is -1.69. The van der Waals surface area contributed by atoms with Crippen LogP contribution in [0.25, 0.3) is 0 Å². The lowest BCUT2D eigenvalue weighted by Gasteiger charge is -2.28. The van der Waals surface area contributed by atoms with E-state index in [9.17, 15) is 8.42 Å². The highest BCUT2D eigenvalue weighted by atomic mass is 32.2. The summed E-state index contributed by atoms with van der Waals surface area (Å²) in [6, 6.07) is 15.5. The smallest absolute Gasteiger partial charge is 0.240 e. The van der Waals surface area contributed by atoms with Crippen LogP contribution in [0, 0.1) is 13.8 Å². The minimum absolute atomic E-state index is 0.0741. The van der Waals surface area contributed by atoms with Crippen LogP contribution in [0.4, 0.5) is 0 Å². The van der Waals surface area contributed by atoms with Gasteiger partial charge in [-0.2, -0.15) is 0 Å². The molecule has 1 aliphatic rings. The SMILES string of the molecule is Cc1ccc(S(=O)(=O)NCC(c2ccccc2)N2CCCC2)cc1C. The number of nitrogens with one attached hydrogen (secondary N) is 1. The predicted octanol–water partition coefficient (Wildman–Crippen LogP) is 3.42. The number of likely N-dealkylation sites (tertiary alicyclic amines) is 1. The van der Waals surface area contributed by atoms with E-state index >= 15 is 0 Å². The Morgan fingerprint density at radius 1 is 1.00 bits per heavy atom. The minimum atomic E-state index is -3.51. The standard InChI is InChI=1S/C20H26N2O2S/c1-16-10-11-19(14-17(16)2)25(23,24)21-15-20(22-12-6-7-13-22)18-8-4-3-5-9-18/h3-5,8-11,14,20-21H,6-7,12-13,15H2,1-2H3. The second kappa shape index (κ2) is 7.68. The van der Waals surface area contributed by atoms with Crippen molar-refractivity contribution < 1.29 is 8.42 Å². The fraction of sp³-hybridized carbons (Fsp3) is 0.400. The normalized spacial score (nSPS) is 16.9. The summed E-state index contributed by atoms with van der Waals surface area (Å²) >= 11 is 0. The van der Waals surface area contributed by atoms with Crippen molar-refractivity contribution in [2.45, 2.75) is 37.6 Å². The van der Waals surface area contributed by atoms with E-state index in [1.54, 1.807) is 12.1 Å². The molecule has 5 heteroatoms. The van der Waals surface area contributed by atoms with Gasteiger partial charge in [-0.05, 0) is 68.6 Å². The Labute approximate surface area is 150 Å². The lowest BCUT2D eigenvalue weighted by Crippen LogP contribution is -2.36. The van der Waals surface area contributed by atoms with E-state index in [1.165, 1.54) is 12.8 Å². The fourth-order valence-corrected chi connectivity index (χ4v) is 4.46. The summed E-state index contributed by atoms with van der Waals surface area (Å²) in [7, 11) is -3.51. The van der Waals surface area contributed by atoms with E-state index < -0.39 is 10.0 Å². The molecule has 2 aromatic rings. The minimum Gasteiger partial charge on any atom is -0.295 e. The molecule has 0 aromatic heterocycles. The van der Waals surface area contributed by atoms with Gasteiger partial charge in [-0.15, -0.1) is 0 Å². The molecule has 2 aromatic carbocycles. The van der Waals surface area contributed by atoms with Crippen molar-refractivity contribution in [3.8, 4) is 0 Å². The zero-order chi connectivity index (χ0) is 17.9. The molecule has 0 aliphatic carbocycles. The average Bonchev–Trinajstić information content (AvgIpc) is 3.12. The van der Waals surface area contributed by atoms with Gasteiger partial charge in [0.2, 0.25) is 10.0 Å². The first-order chi connectivity index (χ1) is 12.0. The van der Waals surface area contributed by atoms with Crippen LogP contribution in [-0.4, -0.2) is 33.0 Å². The topological polar surface area (TPSA) is 49.4 Å². The first kappa shape index (κ1) is 18.1. The molecule has 25 heavy (non-hydrogen) atoms. The summed E-state index contributed by atoms with van der Waals surface area (Å²) in [4.78, 5) is 2.71. The van der Waals surface area contributed by atoms with E-state index in [0.717, 1.165) is 29.8 Å². The number of sulfonamides is 1. The molecular formula is C20H26N2O2S. The Balaban J connectivity index is 1.79. The second-order valence-corrected chi connectivity index (χ2v) is 8.53. The van der Waals surface area contributed by atoms with E-state index in [-0.39, 0.29) is 6.04 Å². The summed E-state index contributed by atoms with van der Waals surface area (Å²) in [5.74, 6) is 0. The number of hydrogen-bond donors (Lipinski definition) is 1. The van der Waals surface area contributed by atoms with Gasteiger partial charge in [0.05, 0.1) is 4.90 Å². The van der Waals surface area contributed by atoms with E-state index in [0.29, 0.717) is 11.4 Å². The molecule has 1 fully saturated rings. The van der Waals surface area contributed by atoms with Gasteiger partial charge in [0.15, 0.2) is 0 Å². The van der Waals surface area contributed by atoms with Gasteiger partial charge >= 0.3 is 0 Å². The zero-order valence-electron chi connectivity index (χ0n) is 14.9. The molecule has 1 atom stereocenters. The van der Waals surface area contributed by atoms with Gasteiger partial charge in [0, 0.05) is 12.6 Å². The van der Waals surface area contributed by atoms with Gasteiger partial charge in [0.25, 0.3) is 0 Å². The number of aryl methyl sites for hydroxylation is 2. The van der Waals surface area contributed by atoms with Crippen molar-refractivity contribution in [3.63, 3.8) is 0 Å². The molecule has 134 valence electrons. The molecule has 1 heterocycles. The van der Waals surface area contributed by atoms with E-state index in [1.807, 2.05) is 38.1 Å². The highest BCUT2D eigenvalue weighted by molar-refractivity contribution is 7.89. The van der Waals surface area contributed by atoms with Crippen LogP contribution in [0.5, 0.6) is 0 Å².